The predicted molar refractivity (Wildman–Crippen MR) is 127 cm³/mol. The number of aliphatic hydroxyl groups is 1. The summed E-state index contributed by atoms with van der Waals surface area (Å²) in [5.41, 5.74) is 2.87. The van der Waals surface area contributed by atoms with Crippen molar-refractivity contribution in [3.63, 3.8) is 0 Å². The van der Waals surface area contributed by atoms with Crippen molar-refractivity contribution >= 4 is 28.9 Å². The number of hydrogen-bond acceptors (Lipinski definition) is 6. The van der Waals surface area contributed by atoms with Crippen LogP contribution in [0.25, 0.3) is 17.0 Å². The minimum atomic E-state index is -2.90. The Kier molecular flexibility index (Phi) is 7.13. The Morgan fingerprint density at radius 2 is 2.14 bits per heavy atom. The van der Waals surface area contributed by atoms with Gasteiger partial charge in [0.05, 0.1) is 16.3 Å². The van der Waals surface area contributed by atoms with Gasteiger partial charge in [-0.05, 0) is 42.7 Å². The summed E-state index contributed by atoms with van der Waals surface area (Å²) in [7, 11) is 0. The van der Waals surface area contributed by atoms with Gasteiger partial charge in [0.25, 0.3) is 11.8 Å². The molecule has 11 heteroatoms. The summed E-state index contributed by atoms with van der Waals surface area (Å²) in [4.78, 5) is 22.8. The van der Waals surface area contributed by atoms with E-state index in [-0.39, 0.29) is 36.3 Å². The first-order valence-electron chi connectivity index (χ1n) is 11.1. The molecule has 0 aliphatic carbocycles. The lowest BCUT2D eigenvalue weighted by atomic mass is 10.00. The molecule has 1 aliphatic rings. The number of rotatable bonds is 6. The number of carbonyl (C=O) groups excluding carboxylic acids is 1. The molecule has 0 fully saturated rings. The van der Waals surface area contributed by atoms with Crippen molar-refractivity contribution in [3.8, 4) is 11.5 Å². The number of hydrogen-bond donors (Lipinski definition) is 2. The molecular weight excluding hydrogens is 480 g/mol. The molecule has 0 spiro atoms. The van der Waals surface area contributed by atoms with E-state index in [0.29, 0.717) is 47.0 Å². The van der Waals surface area contributed by atoms with Crippen LogP contribution in [0.5, 0.6) is 0 Å². The van der Waals surface area contributed by atoms with E-state index in [2.05, 4.69) is 20.4 Å². The number of nitrogens with one attached hydrogen (secondary N) is 1. The van der Waals surface area contributed by atoms with E-state index in [1.54, 1.807) is 30.2 Å². The molecule has 0 unspecified atom stereocenters. The van der Waals surface area contributed by atoms with E-state index in [9.17, 15) is 13.6 Å². The van der Waals surface area contributed by atoms with Crippen molar-refractivity contribution in [2.75, 3.05) is 18.4 Å². The van der Waals surface area contributed by atoms with E-state index in [1.165, 1.54) is 19.1 Å². The second-order valence-corrected chi connectivity index (χ2v) is 8.58. The normalized spacial score (nSPS) is 14.1. The van der Waals surface area contributed by atoms with Gasteiger partial charge in [0.1, 0.15) is 6.61 Å². The maximum atomic E-state index is 14.0. The first-order valence-corrected chi connectivity index (χ1v) is 11.4. The minimum Gasteiger partial charge on any atom is -0.388 e. The predicted octanol–water partition coefficient (Wildman–Crippen LogP) is 5.41. The van der Waals surface area contributed by atoms with E-state index >= 15 is 0 Å². The number of carbonyl (C=O) groups is 1. The highest BCUT2D eigenvalue weighted by Crippen LogP contribution is 2.35. The monoisotopic (exact) mass is 503 g/mol. The molecule has 2 N–H and O–H groups in total. The number of pyridine rings is 1. The van der Waals surface area contributed by atoms with E-state index in [1.807, 2.05) is 6.08 Å². The molecule has 0 saturated heterocycles. The molecule has 3 heterocycles. The van der Waals surface area contributed by atoms with Crippen molar-refractivity contribution in [2.45, 2.75) is 39.2 Å². The first-order chi connectivity index (χ1) is 16.7. The van der Waals surface area contributed by atoms with Crippen molar-refractivity contribution in [3.05, 3.63) is 64.2 Å². The molecule has 0 bridgehead atoms. The second-order valence-electron chi connectivity index (χ2n) is 8.17. The summed E-state index contributed by atoms with van der Waals surface area (Å²) in [6.45, 7) is 3.49. The third kappa shape index (κ3) is 5.33. The Labute approximate surface area is 205 Å². The van der Waals surface area contributed by atoms with Crippen LogP contribution >= 0.6 is 11.6 Å². The van der Waals surface area contributed by atoms with Crippen molar-refractivity contribution in [1.29, 1.82) is 0 Å². The smallest absolute Gasteiger partial charge is 0.322 e. The van der Waals surface area contributed by atoms with Crippen LogP contribution in [-0.2, 0) is 12.5 Å². The van der Waals surface area contributed by atoms with Crippen molar-refractivity contribution in [2.24, 2.45) is 0 Å². The Morgan fingerprint density at radius 1 is 1.34 bits per heavy atom. The minimum absolute atomic E-state index is 0.0353. The molecule has 184 valence electrons. The topological polar surface area (TPSA) is 104 Å². The van der Waals surface area contributed by atoms with Gasteiger partial charge >= 0.3 is 6.03 Å². The van der Waals surface area contributed by atoms with Gasteiger partial charge in [-0.25, -0.2) is 13.6 Å². The number of aliphatic hydroxyl groups excluding tert-OH is 1. The number of urea groups is 1. The van der Waals surface area contributed by atoms with Crippen LogP contribution in [0.3, 0.4) is 0 Å². The van der Waals surface area contributed by atoms with Crippen molar-refractivity contribution < 1.29 is 23.2 Å². The lowest BCUT2D eigenvalue weighted by molar-refractivity contribution is -0.00887. The number of aromatic nitrogens is 3. The summed E-state index contributed by atoms with van der Waals surface area (Å²) in [6.07, 6.45) is 3.69. The van der Waals surface area contributed by atoms with Crippen LogP contribution in [0.2, 0.25) is 5.02 Å². The lowest BCUT2D eigenvalue weighted by Gasteiger charge is -2.27. The van der Waals surface area contributed by atoms with Crippen LogP contribution in [-0.4, -0.2) is 44.3 Å². The van der Waals surface area contributed by atoms with Crippen LogP contribution in [0, 0.1) is 6.92 Å². The Bertz CT molecular complexity index is 1280. The van der Waals surface area contributed by atoms with E-state index < -0.39 is 5.92 Å². The van der Waals surface area contributed by atoms with E-state index in [4.69, 9.17) is 21.2 Å². The zero-order valence-electron chi connectivity index (χ0n) is 19.2. The standard InChI is InChI=1S/C24H24ClF2N5O3/c1-3-24(26,27)18-5-4-17(10-14(18)2)29-23(34)32-8-6-15(7-9-32)21-19(25)11-16(12-28-21)22-30-20(13-33)31-35-22/h4-6,10-12,33H,3,7-9,13H2,1-2H3,(H,29,34). The SMILES string of the molecule is CCC(F)(F)c1ccc(NC(=O)N2CC=C(c3ncc(-c4nc(CO)no4)cc3Cl)CC2)cc1C. The number of aryl methyl sites for hydroxylation is 1. The summed E-state index contributed by atoms with van der Waals surface area (Å²) in [5, 5.41) is 15.9. The fourth-order valence-corrected chi connectivity index (χ4v) is 4.13. The van der Waals surface area contributed by atoms with Gasteiger partial charge in [0.15, 0.2) is 5.82 Å². The lowest BCUT2D eigenvalue weighted by Crippen LogP contribution is -2.38. The summed E-state index contributed by atoms with van der Waals surface area (Å²) >= 11 is 6.44. The Hall–Kier alpha value is -3.37. The molecule has 35 heavy (non-hydrogen) atoms. The van der Waals surface area contributed by atoms with Gasteiger partial charge in [0, 0.05) is 37.0 Å². The molecule has 4 rings (SSSR count). The third-order valence-corrected chi connectivity index (χ3v) is 6.10. The molecule has 2 amide bonds. The summed E-state index contributed by atoms with van der Waals surface area (Å²) in [6, 6.07) is 5.75. The number of nitrogens with zero attached hydrogens (tertiary/aromatic N) is 4. The van der Waals surface area contributed by atoms with Crippen LogP contribution in [0.1, 0.15) is 42.4 Å². The molecule has 2 aromatic heterocycles. The number of halogens is 3. The quantitative estimate of drug-likeness (QED) is 0.466. The molecule has 1 aromatic carbocycles. The van der Waals surface area contributed by atoms with Crippen molar-refractivity contribution in [1.82, 2.24) is 20.0 Å². The number of amides is 2. The zero-order valence-corrected chi connectivity index (χ0v) is 19.9. The highest BCUT2D eigenvalue weighted by atomic mass is 35.5. The second kappa shape index (κ2) is 10.1. The summed E-state index contributed by atoms with van der Waals surface area (Å²) in [5.74, 6) is -2.53. The molecule has 0 saturated carbocycles. The Morgan fingerprint density at radius 3 is 2.74 bits per heavy atom. The molecule has 0 atom stereocenters. The average molecular weight is 504 g/mol. The van der Waals surface area contributed by atoms with Gasteiger partial charge in [-0.1, -0.05) is 35.8 Å². The number of alkyl halides is 2. The third-order valence-electron chi connectivity index (χ3n) is 5.81. The first kappa shape index (κ1) is 24.7. The van der Waals surface area contributed by atoms with Gasteiger partial charge in [-0.15, -0.1) is 0 Å². The van der Waals surface area contributed by atoms with Gasteiger partial charge in [-0.2, -0.15) is 4.98 Å². The maximum Gasteiger partial charge on any atom is 0.322 e. The van der Waals surface area contributed by atoms with Gasteiger partial charge in [-0.3, -0.25) is 4.98 Å². The van der Waals surface area contributed by atoms with Crippen LogP contribution in [0.4, 0.5) is 19.3 Å². The van der Waals surface area contributed by atoms with E-state index in [0.717, 1.165) is 5.57 Å². The molecule has 0 radical (unpaired) electrons. The largest absolute Gasteiger partial charge is 0.388 e. The highest BCUT2D eigenvalue weighted by Gasteiger charge is 2.30. The molecule has 1 aliphatic heterocycles. The maximum absolute atomic E-state index is 14.0. The van der Waals surface area contributed by atoms with Crippen LogP contribution in [0.15, 0.2) is 41.1 Å². The fourth-order valence-electron chi connectivity index (χ4n) is 3.84. The number of benzene rings is 1. The zero-order chi connectivity index (χ0) is 25.2. The van der Waals surface area contributed by atoms with Crippen LogP contribution < -0.4 is 5.32 Å². The average Bonchev–Trinajstić information content (AvgIpc) is 3.33. The summed E-state index contributed by atoms with van der Waals surface area (Å²) < 4.78 is 33.1. The van der Waals surface area contributed by atoms with Gasteiger partial charge < -0.3 is 19.8 Å². The molecule has 3 aromatic rings. The molecule has 8 nitrogen and oxygen atoms in total. The molecular formula is C24H24ClF2N5O3. The fraction of sp³-hybridized carbons (Fsp3) is 0.333. The Balaban J connectivity index is 1.41. The number of anilines is 1. The highest BCUT2D eigenvalue weighted by molar-refractivity contribution is 6.32. The van der Waals surface area contributed by atoms with Gasteiger partial charge in [0.2, 0.25) is 0 Å².